The molecule has 0 unspecified atom stereocenters. The molecule has 0 saturated carbocycles. The molecule has 4 amide bonds. The molecule has 128 heavy (non-hydrogen) atoms. The van der Waals surface area contributed by atoms with Crippen LogP contribution in [0.25, 0.3) is 0 Å². The van der Waals surface area contributed by atoms with Crippen LogP contribution in [0.2, 0.25) is 0 Å². The van der Waals surface area contributed by atoms with Gasteiger partial charge >= 0.3 is 5.97 Å². The third kappa shape index (κ3) is 22.7. The number of carbonyl (C=O) groups is 5. The number of aliphatic hydroxyl groups is 28. The average Bonchev–Trinajstić information content (AvgIpc) is 0.759. The van der Waals surface area contributed by atoms with E-state index in [1.54, 1.807) is 0 Å². The predicted molar refractivity (Wildman–Crippen MR) is 392 cm³/mol. The highest BCUT2D eigenvalue weighted by Crippen LogP contribution is 2.43. The summed E-state index contributed by atoms with van der Waals surface area (Å²) in [6.45, 7) is -5.78. The molecule has 0 aromatic carbocycles. The van der Waals surface area contributed by atoms with E-state index in [2.05, 4.69) is 21.3 Å². The third-order valence-electron chi connectivity index (χ3n) is 23.4. The molecule has 10 rings (SSSR count). The van der Waals surface area contributed by atoms with Gasteiger partial charge in [0.2, 0.25) is 23.6 Å². The number of aliphatic hydroxyl groups excluding tert-OH is 28. The summed E-state index contributed by atoms with van der Waals surface area (Å²) in [6, 6.07) is -7.83. The minimum Gasteiger partial charge on any atom is -0.477 e. The highest BCUT2D eigenvalue weighted by molar-refractivity contribution is 5.77. The molecule has 0 bridgehead atoms. The summed E-state index contributed by atoms with van der Waals surface area (Å²) in [5, 5.41) is 332. The van der Waals surface area contributed by atoms with Gasteiger partial charge in [-0.3, -0.25) is 19.2 Å². The lowest BCUT2D eigenvalue weighted by atomic mass is 9.88. The topological polar surface area (TPSA) is 896 Å². The van der Waals surface area contributed by atoms with E-state index in [1.807, 2.05) is 0 Å². The molecule has 10 aliphatic heterocycles. The average molecular weight is 1880 g/mol. The molecule has 10 fully saturated rings. The van der Waals surface area contributed by atoms with Gasteiger partial charge in [0, 0.05) is 34.1 Å². The van der Waals surface area contributed by atoms with Gasteiger partial charge in [-0.1, -0.05) is 0 Å². The van der Waals surface area contributed by atoms with Crippen molar-refractivity contribution in [1.29, 1.82) is 0 Å². The number of carboxylic acid groups (broad SMARTS) is 1. The standard InChI is InChI=1S/C71H118N4O53/c1-16-35(91)43(99)46(102)65(110-16)123-56-34(75-20(5)88)64(126-59-39(95)24(9-78)113-67(48(59)104)121-53-27(12-81)111-61(107)45(101)44(53)100)118-30(15-84)54(56)122-68-49(105)58(38(94)25(10-79)114-68)125-63-32(73-18(3)86)41(97)51(28(13-82)116-63)119-66-47(103)57(37(93)23(8-77)112-66)124-62-33(74-19(4)87)42(98)52(29(14-83)117-62)120-69-50(106)60(40(96)26(11-80)115-69)128-71(70(108)109)6-21(89)31(72-17(2)85)55(127-71)36(92)22(90)7-76/h16,21-69,76-84,89-107H,6-15H2,1-5H3,(H,72,85)(H,73,86)(H,74,87)(H,75,88)(H,108,109)/t16-,21-,22+,23+,24+,25+,26+,27+,28+,29+,30+,31+,32+,33+,34+,35+,36+,37-,38-,39-,40-,41+,42+,43+,44+,45+,46-,47+,48+,49+,50+,51+,52+,53+,54+,55+,56+,57-,58-,59-,60-,61+,62-,63-,64-,65-,66-,67-,68-,69-,71-/m0/s1. The Kier molecular flexibility index (Phi) is 37.4. The maximum atomic E-state index is 13.4. The van der Waals surface area contributed by atoms with Gasteiger partial charge in [0.05, 0.1) is 77.7 Å². The van der Waals surface area contributed by atoms with Gasteiger partial charge in [-0.25, -0.2) is 4.79 Å². The summed E-state index contributed by atoms with van der Waals surface area (Å²) in [7, 11) is 0. The number of hydrogen-bond donors (Lipinski definition) is 33. The summed E-state index contributed by atoms with van der Waals surface area (Å²) >= 11 is 0. The van der Waals surface area contributed by atoms with E-state index in [9.17, 15) is 172 Å². The van der Waals surface area contributed by atoms with Gasteiger partial charge < -0.3 is 259 Å². The van der Waals surface area contributed by atoms with E-state index in [0.717, 1.165) is 27.7 Å². The molecule has 10 saturated heterocycles. The zero-order valence-electron chi connectivity index (χ0n) is 68.7. The smallest absolute Gasteiger partial charge is 0.364 e. The van der Waals surface area contributed by atoms with E-state index in [4.69, 9.17) is 90.0 Å². The summed E-state index contributed by atoms with van der Waals surface area (Å²) in [5.74, 6) is -9.32. The lowest BCUT2D eigenvalue weighted by Crippen LogP contribution is -2.72. The number of nitrogens with one attached hydrogen (secondary N) is 4. The number of rotatable bonds is 34. The van der Waals surface area contributed by atoms with Crippen molar-refractivity contribution < 1.29 is 262 Å². The first-order valence-electron chi connectivity index (χ1n) is 40.6. The predicted octanol–water partition coefficient (Wildman–Crippen LogP) is -22.0. The largest absolute Gasteiger partial charge is 0.477 e. The third-order valence-corrected chi connectivity index (χ3v) is 23.4. The highest BCUT2D eigenvalue weighted by atomic mass is 16.8. The Balaban J connectivity index is 0.879. The number of hydrogen-bond acceptors (Lipinski definition) is 52. The summed E-state index contributed by atoms with van der Waals surface area (Å²) in [5.41, 5.74) is 0. The second kappa shape index (κ2) is 45.4. The number of amides is 4. The Morgan fingerprint density at radius 3 is 1.00 bits per heavy atom. The fourth-order valence-corrected chi connectivity index (χ4v) is 16.7. The van der Waals surface area contributed by atoms with Gasteiger partial charge in [0.25, 0.3) is 5.79 Å². The van der Waals surface area contributed by atoms with Gasteiger partial charge in [-0.05, 0) is 6.92 Å². The number of carbonyl (C=O) groups excluding carboxylic acids is 4. The first-order valence-corrected chi connectivity index (χ1v) is 40.6. The normalized spacial score (nSPS) is 48.4. The second-order valence-electron chi connectivity index (χ2n) is 32.3. The van der Waals surface area contributed by atoms with Crippen molar-refractivity contribution >= 4 is 29.6 Å². The van der Waals surface area contributed by atoms with E-state index < -0.39 is 408 Å². The molecule has 10 heterocycles. The number of carboxylic acids is 1. The lowest BCUT2D eigenvalue weighted by molar-refractivity contribution is -0.398. The quantitative estimate of drug-likeness (QED) is 0.0284. The van der Waals surface area contributed by atoms with Crippen molar-refractivity contribution in [3.63, 3.8) is 0 Å². The van der Waals surface area contributed by atoms with Crippen LogP contribution in [-0.2, 0) is 114 Å². The van der Waals surface area contributed by atoms with Crippen LogP contribution in [0.4, 0.5) is 0 Å². The molecule has 0 aliphatic carbocycles. The molecule has 51 atom stereocenters. The van der Waals surface area contributed by atoms with Crippen molar-refractivity contribution in [3.05, 3.63) is 0 Å². The number of aliphatic carboxylic acids is 1. The van der Waals surface area contributed by atoms with Gasteiger partial charge in [0.15, 0.2) is 56.6 Å². The van der Waals surface area contributed by atoms with E-state index in [1.165, 1.54) is 6.92 Å². The molecular formula is C71H118N4O53. The van der Waals surface area contributed by atoms with Crippen LogP contribution >= 0.6 is 0 Å². The molecule has 10 aliphatic rings. The maximum absolute atomic E-state index is 13.4. The number of ether oxygens (including phenoxy) is 19. The monoisotopic (exact) mass is 1870 g/mol. The van der Waals surface area contributed by atoms with Crippen LogP contribution in [0.3, 0.4) is 0 Å². The minimum absolute atomic E-state index is 0.870. The Labute approximate surface area is 723 Å². The fourth-order valence-electron chi connectivity index (χ4n) is 16.7. The zero-order valence-corrected chi connectivity index (χ0v) is 68.7. The Morgan fingerprint density at radius 1 is 0.320 bits per heavy atom. The van der Waals surface area contributed by atoms with E-state index >= 15 is 0 Å². The SMILES string of the molecule is CC(=O)N[C@H]1[C@H](O[C@H]2[C@@H](O)[C@@H](CO)O[C@@H](O[C@H]3[C@H](O)[C@@H](NC(C)=O)[C@H](O[C@H]4[C@@H](O)[C@@H](CO)O[C@@H](O[C@H]5[C@H](O[C@@H]6O[C@@H](C)[C@@H](O)[C@@H](O)[C@@H]6O)[C@@H](NC(C)=O)[C@H](O[C@H]6[C@@H](O)[C@@H](CO)O[C@@H](O[C@H]7[C@H](O)[C@@H](O)[C@H](O)O[C@@H]7CO)[C@@H]6O)O[C@@H]5CO)[C@@H]4O)O[C@@H]3CO)[C@@H]2O)O[C@H](CO)[C@@H](O[C@@H]2O[C@H](CO)[C@H](O)[C@H](O[C@]3(C(=O)O)C[C@H](O)[C@@H](NC(C)=O)[C@H]([C@H](O)[C@H](O)CO)O3)[C@H]2O)[C@@H]1O. The van der Waals surface area contributed by atoms with Crippen molar-refractivity contribution in [1.82, 2.24) is 21.3 Å². The van der Waals surface area contributed by atoms with E-state index in [0.29, 0.717) is 0 Å². The lowest BCUT2D eigenvalue weighted by Gasteiger charge is -2.52. The van der Waals surface area contributed by atoms with Crippen molar-refractivity contribution in [3.8, 4) is 0 Å². The first-order chi connectivity index (χ1) is 60.4. The van der Waals surface area contributed by atoms with Crippen LogP contribution in [0.5, 0.6) is 0 Å². The molecule has 57 nitrogen and oxygen atoms in total. The molecule has 0 aromatic rings. The Hall–Kier alpha value is -4.53. The van der Waals surface area contributed by atoms with Crippen molar-refractivity contribution in [2.24, 2.45) is 0 Å². The molecule has 0 aromatic heterocycles. The second-order valence-corrected chi connectivity index (χ2v) is 32.3. The van der Waals surface area contributed by atoms with Crippen LogP contribution < -0.4 is 21.3 Å². The highest BCUT2D eigenvalue weighted by Gasteiger charge is 2.65. The van der Waals surface area contributed by atoms with Gasteiger partial charge in [-0.15, -0.1) is 0 Å². The van der Waals surface area contributed by atoms with Gasteiger partial charge in [-0.2, -0.15) is 0 Å². The van der Waals surface area contributed by atoms with Crippen LogP contribution in [0.1, 0.15) is 41.0 Å². The fraction of sp³-hybridized carbons (Fsp3) is 0.930. The van der Waals surface area contributed by atoms with Crippen molar-refractivity contribution in [2.75, 3.05) is 59.5 Å². The van der Waals surface area contributed by atoms with Crippen LogP contribution in [0, 0.1) is 0 Å². The minimum atomic E-state index is -3.28. The maximum Gasteiger partial charge on any atom is 0.364 e. The first kappa shape index (κ1) is 106. The van der Waals surface area contributed by atoms with E-state index in [-0.39, 0.29) is 0 Å². The van der Waals surface area contributed by atoms with Crippen LogP contribution in [0.15, 0.2) is 0 Å². The van der Waals surface area contributed by atoms with Crippen molar-refractivity contribution in [2.45, 2.75) is 353 Å². The zero-order chi connectivity index (χ0) is 94.6. The van der Waals surface area contributed by atoms with Crippen LogP contribution in [-0.4, -0.2) is 550 Å². The molecular weight excluding hydrogens is 1760 g/mol. The molecule has 0 radical (unpaired) electrons. The molecule has 740 valence electrons. The Bertz CT molecular complexity index is 3530. The summed E-state index contributed by atoms with van der Waals surface area (Å²) in [6.07, 6.45) is -99.6. The Morgan fingerprint density at radius 2 is 0.625 bits per heavy atom. The molecule has 0 spiro atoms. The summed E-state index contributed by atoms with van der Waals surface area (Å²) < 4.78 is 112. The molecule has 33 N–H and O–H groups in total. The van der Waals surface area contributed by atoms with Gasteiger partial charge in [0.1, 0.15) is 232 Å². The summed E-state index contributed by atoms with van der Waals surface area (Å²) in [4.78, 5) is 65.0. The molecule has 57 heteroatoms.